The maximum atomic E-state index is 11.7. The van der Waals surface area contributed by atoms with Gasteiger partial charge in [-0.1, -0.05) is 12.1 Å². The molecule has 16 heavy (non-hydrogen) atoms. The lowest BCUT2D eigenvalue weighted by atomic mass is 10.2. The van der Waals surface area contributed by atoms with E-state index in [0.717, 1.165) is 0 Å². The standard InChI is InChI=1S/C10H13N3O2S/c1-11-6-7-12-10-8-4-2-3-5-9(8)16(14,15)13-10/h2-5,11H,6-7H2,1H3,(H,12,13). The van der Waals surface area contributed by atoms with Gasteiger partial charge in [-0.2, -0.15) is 0 Å². The molecule has 0 aliphatic carbocycles. The largest absolute Gasteiger partial charge is 0.318 e. The molecule has 1 aromatic rings. The van der Waals surface area contributed by atoms with Gasteiger partial charge in [0.2, 0.25) is 0 Å². The van der Waals surface area contributed by atoms with E-state index in [2.05, 4.69) is 15.0 Å². The summed E-state index contributed by atoms with van der Waals surface area (Å²) in [5, 5.41) is 2.95. The Hall–Kier alpha value is -1.40. The van der Waals surface area contributed by atoms with Crippen LogP contribution in [0.4, 0.5) is 0 Å². The van der Waals surface area contributed by atoms with Crippen molar-refractivity contribution in [3.63, 3.8) is 0 Å². The first-order valence-corrected chi connectivity index (χ1v) is 6.45. The van der Waals surface area contributed by atoms with E-state index in [1.54, 1.807) is 24.3 Å². The van der Waals surface area contributed by atoms with Crippen molar-refractivity contribution < 1.29 is 8.42 Å². The van der Waals surface area contributed by atoms with Crippen LogP contribution >= 0.6 is 0 Å². The lowest BCUT2D eigenvalue weighted by Gasteiger charge is -1.98. The van der Waals surface area contributed by atoms with Crippen LogP contribution in [0, 0.1) is 0 Å². The molecular formula is C10H13N3O2S. The van der Waals surface area contributed by atoms with E-state index in [0.29, 0.717) is 29.4 Å². The molecule has 0 aromatic heterocycles. The molecule has 5 nitrogen and oxygen atoms in total. The van der Waals surface area contributed by atoms with Crippen molar-refractivity contribution in [1.82, 2.24) is 10.0 Å². The molecule has 0 unspecified atom stereocenters. The van der Waals surface area contributed by atoms with Crippen molar-refractivity contribution in [2.45, 2.75) is 4.90 Å². The van der Waals surface area contributed by atoms with Crippen LogP contribution in [-0.4, -0.2) is 34.4 Å². The van der Waals surface area contributed by atoms with Gasteiger partial charge < -0.3 is 5.32 Å². The van der Waals surface area contributed by atoms with Crippen molar-refractivity contribution in [1.29, 1.82) is 0 Å². The molecule has 0 atom stereocenters. The van der Waals surface area contributed by atoms with Crippen molar-refractivity contribution in [2.75, 3.05) is 20.1 Å². The number of hydrogen-bond acceptors (Lipinski definition) is 4. The zero-order chi connectivity index (χ0) is 11.6. The van der Waals surface area contributed by atoms with Crippen molar-refractivity contribution >= 4 is 15.9 Å². The third kappa shape index (κ3) is 1.94. The highest BCUT2D eigenvalue weighted by atomic mass is 32.2. The van der Waals surface area contributed by atoms with Gasteiger partial charge in [-0.15, -0.1) is 0 Å². The first-order valence-electron chi connectivity index (χ1n) is 4.96. The summed E-state index contributed by atoms with van der Waals surface area (Å²) in [6, 6.07) is 6.84. The fraction of sp³-hybridized carbons (Fsp3) is 0.300. The summed E-state index contributed by atoms with van der Waals surface area (Å²) >= 11 is 0. The molecule has 0 fully saturated rings. The maximum absolute atomic E-state index is 11.7. The molecule has 6 heteroatoms. The number of aliphatic imine (C=N–C) groups is 1. The average Bonchev–Trinajstić information content (AvgIpc) is 2.52. The topological polar surface area (TPSA) is 70.6 Å². The molecule has 0 radical (unpaired) electrons. The number of amidine groups is 1. The van der Waals surface area contributed by atoms with Crippen LogP contribution in [0.2, 0.25) is 0 Å². The van der Waals surface area contributed by atoms with Gasteiger partial charge in [-0.25, -0.2) is 8.42 Å². The van der Waals surface area contributed by atoms with Gasteiger partial charge in [0.1, 0.15) is 5.84 Å². The highest BCUT2D eigenvalue weighted by Gasteiger charge is 2.29. The van der Waals surface area contributed by atoms with Gasteiger partial charge >= 0.3 is 0 Å². The smallest absolute Gasteiger partial charge is 0.263 e. The van der Waals surface area contributed by atoms with Crippen LogP contribution in [-0.2, 0) is 10.0 Å². The Morgan fingerprint density at radius 2 is 2.12 bits per heavy atom. The van der Waals surface area contributed by atoms with E-state index >= 15 is 0 Å². The summed E-state index contributed by atoms with van der Waals surface area (Å²) < 4.78 is 25.8. The molecule has 0 spiro atoms. The molecule has 1 heterocycles. The summed E-state index contributed by atoms with van der Waals surface area (Å²) in [6.45, 7) is 1.26. The average molecular weight is 239 g/mol. The molecule has 0 saturated carbocycles. The number of nitrogens with one attached hydrogen (secondary N) is 2. The molecular weight excluding hydrogens is 226 g/mol. The van der Waals surface area contributed by atoms with E-state index in [-0.39, 0.29) is 0 Å². The van der Waals surface area contributed by atoms with Gasteiger partial charge in [0.15, 0.2) is 0 Å². The molecule has 2 rings (SSSR count). The molecule has 0 saturated heterocycles. The lowest BCUT2D eigenvalue weighted by Crippen LogP contribution is -2.23. The lowest BCUT2D eigenvalue weighted by molar-refractivity contribution is 0.595. The number of rotatable bonds is 3. The Morgan fingerprint density at radius 1 is 1.38 bits per heavy atom. The third-order valence-electron chi connectivity index (χ3n) is 2.29. The van der Waals surface area contributed by atoms with Crippen LogP contribution < -0.4 is 10.0 Å². The number of hydrogen-bond donors (Lipinski definition) is 2. The Balaban J connectivity index is 2.37. The van der Waals surface area contributed by atoms with Gasteiger partial charge in [0.05, 0.1) is 11.4 Å². The van der Waals surface area contributed by atoms with Gasteiger partial charge in [0, 0.05) is 12.1 Å². The number of likely N-dealkylation sites (N-methyl/N-ethyl adjacent to an activating group) is 1. The Bertz CT molecular complexity index is 523. The molecule has 1 aliphatic heterocycles. The summed E-state index contributed by atoms with van der Waals surface area (Å²) in [4.78, 5) is 4.52. The highest BCUT2D eigenvalue weighted by molar-refractivity contribution is 7.90. The van der Waals surface area contributed by atoms with Crippen LogP contribution in [0.25, 0.3) is 0 Å². The predicted molar refractivity (Wildman–Crippen MR) is 62.1 cm³/mol. The highest BCUT2D eigenvalue weighted by Crippen LogP contribution is 2.21. The minimum Gasteiger partial charge on any atom is -0.318 e. The van der Waals surface area contributed by atoms with Gasteiger partial charge in [-0.05, 0) is 19.2 Å². The minimum atomic E-state index is -3.39. The number of sulfonamides is 1. The Kier molecular flexibility index (Phi) is 2.93. The minimum absolute atomic E-state index is 0.304. The normalized spacial score (nSPS) is 19.4. The summed E-state index contributed by atoms with van der Waals surface area (Å²) in [5.41, 5.74) is 0.651. The Labute approximate surface area is 94.6 Å². The summed E-state index contributed by atoms with van der Waals surface area (Å²) in [6.07, 6.45) is 0. The zero-order valence-electron chi connectivity index (χ0n) is 8.90. The second-order valence-corrected chi connectivity index (χ2v) is 5.09. The monoisotopic (exact) mass is 239 g/mol. The second kappa shape index (κ2) is 4.23. The fourth-order valence-electron chi connectivity index (χ4n) is 1.53. The first kappa shape index (κ1) is 11.1. The quantitative estimate of drug-likeness (QED) is 0.726. The van der Waals surface area contributed by atoms with E-state index in [4.69, 9.17) is 0 Å². The van der Waals surface area contributed by atoms with Crippen molar-refractivity contribution in [2.24, 2.45) is 4.99 Å². The first-order chi connectivity index (χ1) is 7.65. The SMILES string of the molecule is CNCCN=C1NS(=O)(=O)c2ccccc21. The van der Waals surface area contributed by atoms with Crippen molar-refractivity contribution in [3.8, 4) is 0 Å². The fourth-order valence-corrected chi connectivity index (χ4v) is 2.78. The Morgan fingerprint density at radius 3 is 2.88 bits per heavy atom. The molecule has 1 aliphatic rings. The van der Waals surface area contributed by atoms with E-state index in [1.807, 2.05) is 7.05 Å². The predicted octanol–water partition coefficient (Wildman–Crippen LogP) is -0.0555. The zero-order valence-corrected chi connectivity index (χ0v) is 9.71. The van der Waals surface area contributed by atoms with E-state index in [9.17, 15) is 8.42 Å². The molecule has 86 valence electrons. The van der Waals surface area contributed by atoms with Crippen LogP contribution in [0.1, 0.15) is 5.56 Å². The van der Waals surface area contributed by atoms with Crippen LogP contribution in [0.3, 0.4) is 0 Å². The molecule has 0 bridgehead atoms. The van der Waals surface area contributed by atoms with Gasteiger partial charge in [-0.3, -0.25) is 9.71 Å². The maximum Gasteiger partial charge on any atom is 0.263 e. The second-order valence-electron chi connectivity index (χ2n) is 3.44. The van der Waals surface area contributed by atoms with Crippen LogP contribution in [0.5, 0.6) is 0 Å². The molecule has 1 aromatic carbocycles. The van der Waals surface area contributed by atoms with Crippen molar-refractivity contribution in [3.05, 3.63) is 29.8 Å². The van der Waals surface area contributed by atoms with Gasteiger partial charge in [0.25, 0.3) is 10.0 Å². The summed E-state index contributed by atoms with van der Waals surface area (Å²) in [5.74, 6) is 0.436. The summed E-state index contributed by atoms with van der Waals surface area (Å²) in [7, 11) is -1.57. The molecule has 2 N–H and O–H groups in total. The number of nitrogens with zero attached hydrogens (tertiary/aromatic N) is 1. The third-order valence-corrected chi connectivity index (χ3v) is 3.69. The van der Waals surface area contributed by atoms with E-state index in [1.165, 1.54) is 0 Å². The number of fused-ring (bicyclic) bond motifs is 1. The number of benzene rings is 1. The van der Waals surface area contributed by atoms with E-state index < -0.39 is 10.0 Å². The molecule has 0 amide bonds. The van der Waals surface area contributed by atoms with Crippen LogP contribution in [0.15, 0.2) is 34.2 Å².